The fourth-order valence-electron chi connectivity index (χ4n) is 3.47. The Morgan fingerprint density at radius 1 is 1.00 bits per heavy atom. The van der Waals surface area contributed by atoms with Gasteiger partial charge in [0, 0.05) is 32.6 Å². The molecule has 8 heteroatoms. The van der Waals surface area contributed by atoms with Gasteiger partial charge < -0.3 is 9.64 Å². The molecule has 1 fully saturated rings. The minimum absolute atomic E-state index is 0.127. The Labute approximate surface area is 157 Å². The summed E-state index contributed by atoms with van der Waals surface area (Å²) in [7, 11) is -3.92. The lowest BCUT2D eigenvalue weighted by Gasteiger charge is -2.35. The Kier molecular flexibility index (Phi) is 4.61. The van der Waals surface area contributed by atoms with Crippen molar-refractivity contribution in [1.82, 2.24) is 9.21 Å². The summed E-state index contributed by atoms with van der Waals surface area (Å²) in [5.74, 6) is -0.195. The average molecular weight is 390 g/mol. The molecule has 6 nitrogen and oxygen atoms in total. The Morgan fingerprint density at radius 3 is 2.37 bits per heavy atom. The fraction of sp³-hybridized carbons (Fsp3) is 0.316. The van der Waals surface area contributed by atoms with E-state index in [1.54, 1.807) is 4.90 Å². The van der Waals surface area contributed by atoms with Gasteiger partial charge in [0.1, 0.15) is 16.5 Å². The van der Waals surface area contributed by atoms with Gasteiger partial charge in [0.15, 0.2) is 6.10 Å². The molecule has 0 spiro atoms. The van der Waals surface area contributed by atoms with Gasteiger partial charge in [-0.05, 0) is 23.8 Å². The summed E-state index contributed by atoms with van der Waals surface area (Å²) >= 11 is 0. The minimum atomic E-state index is -3.92. The van der Waals surface area contributed by atoms with Crippen molar-refractivity contribution in [2.24, 2.45) is 0 Å². The molecule has 0 unspecified atom stereocenters. The summed E-state index contributed by atoms with van der Waals surface area (Å²) in [6.07, 6.45) is -0.0555. The maximum atomic E-state index is 13.9. The number of ether oxygens (including phenoxy) is 1. The number of fused-ring (bicyclic) bond motifs is 1. The third-order valence-corrected chi connectivity index (χ3v) is 6.86. The van der Waals surface area contributed by atoms with Crippen LogP contribution >= 0.6 is 0 Å². The number of para-hydroxylation sites is 1. The van der Waals surface area contributed by atoms with Crippen LogP contribution in [-0.4, -0.2) is 55.8 Å². The highest BCUT2D eigenvalue weighted by Gasteiger charge is 2.36. The quantitative estimate of drug-likeness (QED) is 0.800. The average Bonchev–Trinajstić information content (AvgIpc) is 3.12. The van der Waals surface area contributed by atoms with Crippen LogP contribution in [0.5, 0.6) is 5.75 Å². The highest BCUT2D eigenvalue weighted by atomic mass is 32.2. The first-order chi connectivity index (χ1) is 13.0. The van der Waals surface area contributed by atoms with Crippen LogP contribution in [0.25, 0.3) is 0 Å². The zero-order valence-corrected chi connectivity index (χ0v) is 15.4. The first-order valence-corrected chi connectivity index (χ1v) is 10.2. The fourth-order valence-corrected chi connectivity index (χ4v) is 4.95. The van der Waals surface area contributed by atoms with Crippen LogP contribution in [0.2, 0.25) is 0 Å². The number of amides is 1. The van der Waals surface area contributed by atoms with Crippen LogP contribution in [0, 0.1) is 5.82 Å². The topological polar surface area (TPSA) is 66.9 Å². The molecule has 2 aliphatic heterocycles. The van der Waals surface area contributed by atoms with E-state index in [0.717, 1.165) is 17.4 Å². The van der Waals surface area contributed by atoms with Gasteiger partial charge in [-0.3, -0.25) is 4.79 Å². The summed E-state index contributed by atoms with van der Waals surface area (Å²) in [6.45, 7) is 0.760. The number of benzene rings is 2. The third kappa shape index (κ3) is 3.30. The molecule has 0 bridgehead atoms. The lowest BCUT2D eigenvalue weighted by Crippen LogP contribution is -2.53. The first-order valence-electron chi connectivity index (χ1n) is 8.75. The van der Waals surface area contributed by atoms with Crippen LogP contribution in [0.3, 0.4) is 0 Å². The van der Waals surface area contributed by atoms with Gasteiger partial charge in [-0.15, -0.1) is 0 Å². The normalized spacial score (nSPS) is 20.2. The van der Waals surface area contributed by atoms with E-state index in [1.165, 1.54) is 22.5 Å². The van der Waals surface area contributed by atoms with Gasteiger partial charge in [0.25, 0.3) is 5.91 Å². The van der Waals surface area contributed by atoms with Crippen molar-refractivity contribution in [2.75, 3.05) is 26.2 Å². The summed E-state index contributed by atoms with van der Waals surface area (Å²) in [5, 5.41) is 0. The molecule has 0 saturated carbocycles. The van der Waals surface area contributed by atoms with E-state index in [4.69, 9.17) is 4.74 Å². The van der Waals surface area contributed by atoms with Gasteiger partial charge >= 0.3 is 0 Å². The van der Waals surface area contributed by atoms with Crippen LogP contribution in [0.1, 0.15) is 5.56 Å². The van der Waals surface area contributed by atoms with E-state index < -0.39 is 21.9 Å². The molecule has 0 radical (unpaired) electrons. The summed E-state index contributed by atoms with van der Waals surface area (Å²) < 4.78 is 46.1. The number of sulfonamides is 1. The van der Waals surface area contributed by atoms with Gasteiger partial charge in [-0.1, -0.05) is 30.3 Å². The number of hydrogen-bond donors (Lipinski definition) is 0. The van der Waals surface area contributed by atoms with Crippen LogP contribution in [0.15, 0.2) is 53.4 Å². The lowest BCUT2D eigenvalue weighted by molar-refractivity contribution is -0.139. The Balaban J connectivity index is 1.41. The number of carbonyl (C=O) groups is 1. The number of nitrogens with zero attached hydrogens (tertiary/aromatic N) is 2. The second-order valence-electron chi connectivity index (χ2n) is 6.58. The van der Waals surface area contributed by atoms with E-state index in [1.807, 2.05) is 24.3 Å². The summed E-state index contributed by atoms with van der Waals surface area (Å²) in [6, 6.07) is 12.9. The summed E-state index contributed by atoms with van der Waals surface area (Å²) in [5.41, 5.74) is 0.997. The van der Waals surface area contributed by atoms with E-state index in [0.29, 0.717) is 6.42 Å². The van der Waals surface area contributed by atoms with Crippen molar-refractivity contribution >= 4 is 15.9 Å². The van der Waals surface area contributed by atoms with E-state index in [9.17, 15) is 17.6 Å². The smallest absolute Gasteiger partial charge is 0.264 e. The molecule has 0 aromatic heterocycles. The van der Waals surface area contributed by atoms with Crippen molar-refractivity contribution in [2.45, 2.75) is 17.4 Å². The number of piperazine rings is 1. The Bertz CT molecular complexity index is 946. The van der Waals surface area contributed by atoms with E-state index in [-0.39, 0.29) is 37.0 Å². The van der Waals surface area contributed by atoms with Gasteiger partial charge in [0.05, 0.1) is 0 Å². The molecule has 4 rings (SSSR count). The Hall–Kier alpha value is -2.45. The standard InChI is InChI=1S/C19H19FN2O4S/c20-15-6-2-4-8-18(15)27(24,25)22-11-9-21(10-12-22)19(23)17-13-14-5-1-3-7-16(14)26-17/h1-8,17H,9-13H2/t17-/m0/s1. The lowest BCUT2D eigenvalue weighted by atomic mass is 10.1. The maximum Gasteiger partial charge on any atom is 0.264 e. The largest absolute Gasteiger partial charge is 0.480 e. The van der Waals surface area contributed by atoms with Crippen molar-refractivity contribution in [3.05, 3.63) is 59.9 Å². The van der Waals surface area contributed by atoms with Crippen molar-refractivity contribution in [1.29, 1.82) is 0 Å². The number of halogens is 1. The molecule has 2 aromatic rings. The molecule has 1 amide bonds. The van der Waals surface area contributed by atoms with E-state index in [2.05, 4.69) is 0 Å². The molecule has 27 heavy (non-hydrogen) atoms. The third-order valence-electron chi connectivity index (χ3n) is 4.93. The number of carbonyl (C=O) groups excluding carboxylic acids is 1. The van der Waals surface area contributed by atoms with E-state index >= 15 is 0 Å². The highest BCUT2D eigenvalue weighted by molar-refractivity contribution is 7.89. The van der Waals surface area contributed by atoms with Gasteiger partial charge in [-0.2, -0.15) is 4.31 Å². The molecular formula is C19H19FN2O4S. The zero-order valence-electron chi connectivity index (χ0n) is 14.5. The second-order valence-corrected chi connectivity index (χ2v) is 8.48. The molecule has 1 saturated heterocycles. The monoisotopic (exact) mass is 390 g/mol. The molecule has 0 aliphatic carbocycles. The number of rotatable bonds is 3. The number of hydrogen-bond acceptors (Lipinski definition) is 4. The predicted octanol–water partition coefficient (Wildman–Crippen LogP) is 1.66. The van der Waals surface area contributed by atoms with Crippen LogP contribution < -0.4 is 4.74 Å². The molecule has 0 N–H and O–H groups in total. The van der Waals surface area contributed by atoms with Crippen LogP contribution in [-0.2, 0) is 21.2 Å². The van der Waals surface area contributed by atoms with Crippen molar-refractivity contribution < 1.29 is 22.3 Å². The maximum absolute atomic E-state index is 13.9. The SMILES string of the molecule is O=C([C@@H]1Cc2ccccc2O1)N1CCN(S(=O)(=O)c2ccccc2F)CC1. The summed E-state index contributed by atoms with van der Waals surface area (Å²) in [4.78, 5) is 14.0. The van der Waals surface area contributed by atoms with Gasteiger partial charge in [-0.25, -0.2) is 12.8 Å². The molecule has 2 heterocycles. The minimum Gasteiger partial charge on any atom is -0.480 e. The molecule has 142 valence electrons. The first kappa shape index (κ1) is 17.9. The second kappa shape index (κ2) is 6.94. The zero-order chi connectivity index (χ0) is 19.0. The highest BCUT2D eigenvalue weighted by Crippen LogP contribution is 2.29. The Morgan fingerprint density at radius 2 is 1.67 bits per heavy atom. The molecule has 1 atom stereocenters. The van der Waals surface area contributed by atoms with Crippen LogP contribution in [0.4, 0.5) is 4.39 Å². The predicted molar refractivity (Wildman–Crippen MR) is 96.3 cm³/mol. The molecular weight excluding hydrogens is 371 g/mol. The van der Waals surface area contributed by atoms with Crippen molar-refractivity contribution in [3.63, 3.8) is 0 Å². The molecule has 2 aliphatic rings. The van der Waals surface area contributed by atoms with Gasteiger partial charge in [0.2, 0.25) is 10.0 Å². The van der Waals surface area contributed by atoms with Crippen molar-refractivity contribution in [3.8, 4) is 5.75 Å². The molecule has 2 aromatic carbocycles.